The smallest absolute Gasteiger partial charge is 0.257 e. The van der Waals surface area contributed by atoms with Crippen LogP contribution < -0.4 is 14.2 Å². The molecule has 0 heterocycles. The molecule has 1 aromatic rings. The second-order valence-corrected chi connectivity index (χ2v) is 4.17. The molecule has 6 nitrogen and oxygen atoms in total. The van der Waals surface area contributed by atoms with Crippen LogP contribution in [-0.4, -0.2) is 45.2 Å². The fourth-order valence-corrected chi connectivity index (χ4v) is 2.03. The van der Waals surface area contributed by atoms with Crippen molar-refractivity contribution in [1.29, 1.82) is 5.26 Å². The van der Waals surface area contributed by atoms with Gasteiger partial charge >= 0.3 is 0 Å². The van der Waals surface area contributed by atoms with Crippen molar-refractivity contribution >= 4 is 5.91 Å². The molecule has 0 N–H and O–H groups in total. The normalized spacial score (nSPS) is 9.67. The van der Waals surface area contributed by atoms with E-state index in [1.54, 1.807) is 17.0 Å². The summed E-state index contributed by atoms with van der Waals surface area (Å²) in [5, 5.41) is 8.67. The summed E-state index contributed by atoms with van der Waals surface area (Å²) in [6, 6.07) is 5.33. The highest BCUT2D eigenvalue weighted by Crippen LogP contribution is 2.40. The van der Waals surface area contributed by atoms with Gasteiger partial charge in [-0.15, -0.1) is 0 Å². The molecule has 0 aliphatic carbocycles. The van der Waals surface area contributed by atoms with E-state index in [1.807, 2.05) is 13.0 Å². The quantitative estimate of drug-likeness (QED) is 0.769. The maximum Gasteiger partial charge on any atom is 0.257 e. The second kappa shape index (κ2) is 8.00. The van der Waals surface area contributed by atoms with E-state index in [4.69, 9.17) is 19.5 Å². The molecule has 0 saturated carbocycles. The van der Waals surface area contributed by atoms with Gasteiger partial charge in [0.1, 0.15) is 0 Å². The number of carbonyl (C=O) groups is 1. The summed E-state index contributed by atoms with van der Waals surface area (Å²) >= 11 is 0. The van der Waals surface area contributed by atoms with Gasteiger partial charge in [-0.1, -0.05) is 0 Å². The zero-order valence-corrected chi connectivity index (χ0v) is 12.8. The molecule has 0 spiro atoms. The summed E-state index contributed by atoms with van der Waals surface area (Å²) in [5.41, 5.74) is 0.384. The lowest BCUT2D eigenvalue weighted by molar-refractivity contribution is 0.0763. The molecule has 0 saturated heterocycles. The number of rotatable bonds is 7. The molecule has 0 aromatic heterocycles. The van der Waals surface area contributed by atoms with Crippen molar-refractivity contribution in [3.63, 3.8) is 0 Å². The number of carbonyl (C=O) groups excluding carboxylic acids is 1. The number of hydrogen-bond donors (Lipinski definition) is 0. The third kappa shape index (κ3) is 3.57. The number of ether oxygens (including phenoxy) is 3. The van der Waals surface area contributed by atoms with E-state index in [-0.39, 0.29) is 12.3 Å². The monoisotopic (exact) mass is 292 g/mol. The first kappa shape index (κ1) is 16.6. The van der Waals surface area contributed by atoms with Crippen LogP contribution in [0.3, 0.4) is 0 Å². The zero-order chi connectivity index (χ0) is 15.8. The van der Waals surface area contributed by atoms with Crippen LogP contribution in [0, 0.1) is 11.3 Å². The Bertz CT molecular complexity index is 537. The molecule has 0 unspecified atom stereocenters. The van der Waals surface area contributed by atoms with E-state index >= 15 is 0 Å². The van der Waals surface area contributed by atoms with E-state index in [0.29, 0.717) is 35.9 Å². The summed E-state index contributed by atoms with van der Waals surface area (Å²) < 4.78 is 15.8. The number of benzene rings is 1. The lowest BCUT2D eigenvalue weighted by atomic mass is 10.1. The third-order valence-corrected chi connectivity index (χ3v) is 3.10. The van der Waals surface area contributed by atoms with Gasteiger partial charge in [0.25, 0.3) is 5.91 Å². The van der Waals surface area contributed by atoms with Crippen LogP contribution >= 0.6 is 0 Å². The van der Waals surface area contributed by atoms with E-state index in [2.05, 4.69) is 0 Å². The molecule has 0 radical (unpaired) electrons. The van der Waals surface area contributed by atoms with Crippen molar-refractivity contribution < 1.29 is 19.0 Å². The van der Waals surface area contributed by atoms with Crippen molar-refractivity contribution in [2.24, 2.45) is 0 Å². The minimum atomic E-state index is -0.203. The number of methoxy groups -OCH3 is 3. The fourth-order valence-electron chi connectivity index (χ4n) is 2.03. The molecule has 1 aromatic carbocycles. The van der Waals surface area contributed by atoms with Crippen molar-refractivity contribution in [1.82, 2.24) is 4.90 Å². The Morgan fingerprint density at radius 3 is 2.33 bits per heavy atom. The van der Waals surface area contributed by atoms with Gasteiger partial charge in [0.2, 0.25) is 5.75 Å². The van der Waals surface area contributed by atoms with Gasteiger partial charge in [0.15, 0.2) is 11.5 Å². The number of amides is 1. The van der Waals surface area contributed by atoms with Crippen molar-refractivity contribution in [3.05, 3.63) is 17.7 Å². The summed E-state index contributed by atoms with van der Waals surface area (Å²) in [5.74, 6) is 0.996. The predicted molar refractivity (Wildman–Crippen MR) is 77.9 cm³/mol. The maximum absolute atomic E-state index is 12.6. The molecule has 0 atom stereocenters. The summed E-state index contributed by atoms with van der Waals surface area (Å²) in [6.45, 7) is 2.75. The molecular formula is C15H20N2O4. The first-order valence-corrected chi connectivity index (χ1v) is 6.59. The largest absolute Gasteiger partial charge is 0.493 e. The van der Waals surface area contributed by atoms with Crippen LogP contribution in [0.5, 0.6) is 17.2 Å². The minimum absolute atomic E-state index is 0.203. The van der Waals surface area contributed by atoms with Crippen LogP contribution in [-0.2, 0) is 0 Å². The Hall–Kier alpha value is -2.42. The standard InChI is InChI=1S/C15H20N2O4/c1-5-17(10-6-9-16)15(18)11-7-8-12(19-2)14(21-4)13(11)20-3/h7-8H,5-6,10H2,1-4H3. The van der Waals surface area contributed by atoms with Crippen LogP contribution in [0.1, 0.15) is 23.7 Å². The van der Waals surface area contributed by atoms with E-state index < -0.39 is 0 Å². The van der Waals surface area contributed by atoms with Gasteiger partial charge in [-0.2, -0.15) is 5.26 Å². The number of nitrogens with zero attached hydrogens (tertiary/aromatic N) is 2. The Balaban J connectivity index is 3.23. The van der Waals surface area contributed by atoms with Crippen LogP contribution in [0.25, 0.3) is 0 Å². The van der Waals surface area contributed by atoms with E-state index in [9.17, 15) is 4.79 Å². The number of hydrogen-bond acceptors (Lipinski definition) is 5. The lowest BCUT2D eigenvalue weighted by Gasteiger charge is -2.22. The Kier molecular flexibility index (Phi) is 6.34. The first-order valence-electron chi connectivity index (χ1n) is 6.59. The molecule has 0 bridgehead atoms. The highest BCUT2D eigenvalue weighted by molar-refractivity contribution is 5.98. The van der Waals surface area contributed by atoms with E-state index in [0.717, 1.165) is 0 Å². The van der Waals surface area contributed by atoms with Crippen LogP contribution in [0.15, 0.2) is 12.1 Å². The van der Waals surface area contributed by atoms with Gasteiger partial charge in [-0.05, 0) is 19.1 Å². The van der Waals surface area contributed by atoms with Crippen molar-refractivity contribution in [3.8, 4) is 23.3 Å². The first-order chi connectivity index (χ1) is 10.1. The molecular weight excluding hydrogens is 272 g/mol. The average Bonchev–Trinajstić information content (AvgIpc) is 2.53. The number of nitriles is 1. The SMILES string of the molecule is CCN(CCC#N)C(=O)c1ccc(OC)c(OC)c1OC. The summed E-state index contributed by atoms with van der Waals surface area (Å²) in [7, 11) is 4.48. The van der Waals surface area contributed by atoms with E-state index in [1.165, 1.54) is 21.3 Å². The lowest BCUT2D eigenvalue weighted by Crippen LogP contribution is -2.32. The second-order valence-electron chi connectivity index (χ2n) is 4.17. The highest BCUT2D eigenvalue weighted by atomic mass is 16.5. The molecule has 0 fully saturated rings. The van der Waals surface area contributed by atoms with Crippen molar-refractivity contribution in [2.45, 2.75) is 13.3 Å². The Morgan fingerprint density at radius 1 is 1.19 bits per heavy atom. The maximum atomic E-state index is 12.6. The molecule has 1 amide bonds. The molecule has 114 valence electrons. The topological polar surface area (TPSA) is 71.8 Å². The fraction of sp³-hybridized carbons (Fsp3) is 0.467. The Morgan fingerprint density at radius 2 is 1.86 bits per heavy atom. The zero-order valence-electron chi connectivity index (χ0n) is 12.8. The van der Waals surface area contributed by atoms with Gasteiger partial charge in [-0.3, -0.25) is 4.79 Å². The molecule has 21 heavy (non-hydrogen) atoms. The molecule has 0 aliphatic heterocycles. The Labute approximate surface area is 124 Å². The van der Waals surface area contributed by atoms with Gasteiger partial charge in [-0.25, -0.2) is 0 Å². The minimum Gasteiger partial charge on any atom is -0.493 e. The molecule has 0 aliphatic rings. The van der Waals surface area contributed by atoms with Gasteiger partial charge in [0, 0.05) is 13.1 Å². The van der Waals surface area contributed by atoms with Gasteiger partial charge < -0.3 is 19.1 Å². The third-order valence-electron chi connectivity index (χ3n) is 3.10. The summed E-state index contributed by atoms with van der Waals surface area (Å²) in [4.78, 5) is 14.2. The molecule has 1 rings (SSSR count). The highest BCUT2D eigenvalue weighted by Gasteiger charge is 2.23. The predicted octanol–water partition coefficient (Wildman–Crippen LogP) is 2.09. The summed E-state index contributed by atoms with van der Waals surface area (Å²) in [6.07, 6.45) is 0.287. The molecule has 6 heteroatoms. The van der Waals surface area contributed by atoms with Crippen molar-refractivity contribution in [2.75, 3.05) is 34.4 Å². The average molecular weight is 292 g/mol. The van der Waals surface area contributed by atoms with Gasteiger partial charge in [0.05, 0.1) is 39.4 Å². The van der Waals surface area contributed by atoms with Crippen LogP contribution in [0.2, 0.25) is 0 Å². The van der Waals surface area contributed by atoms with Crippen LogP contribution in [0.4, 0.5) is 0 Å².